The molecule has 1 fully saturated rings. The monoisotopic (exact) mass is 516 g/mol. The lowest BCUT2D eigenvalue weighted by atomic mass is 9.91. The number of carbonyl (C=O) groups is 1. The Labute approximate surface area is 219 Å². The zero-order chi connectivity index (χ0) is 26.4. The van der Waals surface area contributed by atoms with Crippen LogP contribution in [0.1, 0.15) is 29.8 Å². The normalized spacial score (nSPS) is 17.8. The summed E-state index contributed by atoms with van der Waals surface area (Å²) in [7, 11) is 0. The number of fused-ring (bicyclic) bond motifs is 2. The van der Waals surface area contributed by atoms with Crippen LogP contribution in [0.4, 0.5) is 21.6 Å². The fraction of sp³-hybridized carbons (Fsp3) is 0.321. The Balaban J connectivity index is 1.27. The van der Waals surface area contributed by atoms with Crippen LogP contribution in [0.5, 0.6) is 0 Å². The molecule has 10 heteroatoms. The SMILES string of the molecule is CC(C)(O)[C@H]1COCCN(c2ccc(Nc3ccc(-c4cnc5cc(F)ccn45)c4c3C(=O)NC4)nc2)C1. The molecule has 38 heavy (non-hydrogen) atoms. The maximum absolute atomic E-state index is 13.7. The predicted octanol–water partition coefficient (Wildman–Crippen LogP) is 3.75. The van der Waals surface area contributed by atoms with E-state index in [2.05, 4.69) is 25.5 Å². The maximum Gasteiger partial charge on any atom is 0.254 e. The van der Waals surface area contributed by atoms with E-state index >= 15 is 0 Å². The van der Waals surface area contributed by atoms with Crippen molar-refractivity contribution >= 4 is 28.7 Å². The molecule has 1 aromatic carbocycles. The molecule has 0 saturated carbocycles. The summed E-state index contributed by atoms with van der Waals surface area (Å²) >= 11 is 0. The van der Waals surface area contributed by atoms with E-state index in [9.17, 15) is 14.3 Å². The number of nitrogens with zero attached hydrogens (tertiary/aromatic N) is 4. The van der Waals surface area contributed by atoms with Crippen molar-refractivity contribution in [1.29, 1.82) is 0 Å². The van der Waals surface area contributed by atoms with Gasteiger partial charge in [-0.3, -0.25) is 9.20 Å². The molecule has 9 nitrogen and oxygen atoms in total. The Morgan fingerprint density at radius 1 is 1.18 bits per heavy atom. The molecule has 1 saturated heterocycles. The minimum Gasteiger partial charge on any atom is -0.390 e. The second-order valence-corrected chi connectivity index (χ2v) is 10.3. The number of aromatic nitrogens is 3. The van der Waals surface area contributed by atoms with Gasteiger partial charge in [-0.25, -0.2) is 14.4 Å². The number of pyridine rings is 2. The number of hydrogen-bond donors (Lipinski definition) is 3. The standard InChI is InChI=1S/C28H29FN6O3/c1-28(2,37)17-15-34(9-10-38-16-17)19-3-6-24(30-12-19)33-22-5-4-20(21-13-32-27(36)26(21)22)23-14-31-25-11-18(29)7-8-35(23)25/h3-8,11-12,14,17,37H,9-10,13,15-16H2,1-2H3,(H,30,33)(H,32,36)/t17-/m1/s1. The molecule has 4 aromatic rings. The van der Waals surface area contributed by atoms with Gasteiger partial charge in [0.15, 0.2) is 0 Å². The van der Waals surface area contributed by atoms with Gasteiger partial charge >= 0.3 is 0 Å². The lowest BCUT2D eigenvalue weighted by molar-refractivity contribution is -0.0158. The van der Waals surface area contributed by atoms with E-state index in [1.165, 1.54) is 12.1 Å². The summed E-state index contributed by atoms with van der Waals surface area (Å²) in [4.78, 5) is 23.9. The van der Waals surface area contributed by atoms with Crippen LogP contribution in [0.25, 0.3) is 16.9 Å². The van der Waals surface area contributed by atoms with E-state index in [0.717, 1.165) is 22.5 Å². The first-order valence-electron chi connectivity index (χ1n) is 12.6. The van der Waals surface area contributed by atoms with Crippen LogP contribution in [0.15, 0.2) is 55.0 Å². The second-order valence-electron chi connectivity index (χ2n) is 10.3. The first-order valence-corrected chi connectivity index (χ1v) is 12.6. The first kappa shape index (κ1) is 24.3. The Hall–Kier alpha value is -4.02. The van der Waals surface area contributed by atoms with E-state index in [1.807, 2.05) is 42.5 Å². The molecule has 1 amide bonds. The summed E-state index contributed by atoms with van der Waals surface area (Å²) in [6.45, 7) is 6.49. The van der Waals surface area contributed by atoms with E-state index in [4.69, 9.17) is 4.74 Å². The average molecular weight is 517 g/mol. The largest absolute Gasteiger partial charge is 0.390 e. The molecule has 0 spiro atoms. The molecular formula is C28H29FN6O3. The van der Waals surface area contributed by atoms with Gasteiger partial charge in [0.2, 0.25) is 0 Å². The van der Waals surface area contributed by atoms with Gasteiger partial charge < -0.3 is 25.4 Å². The molecule has 196 valence electrons. The Bertz CT molecular complexity index is 1510. The molecule has 5 heterocycles. The van der Waals surface area contributed by atoms with Crippen LogP contribution in [-0.2, 0) is 11.3 Å². The Kier molecular flexibility index (Phi) is 6.00. The van der Waals surface area contributed by atoms with E-state index in [0.29, 0.717) is 55.6 Å². The lowest BCUT2D eigenvalue weighted by Gasteiger charge is -2.32. The predicted molar refractivity (Wildman–Crippen MR) is 142 cm³/mol. The number of rotatable bonds is 5. The summed E-state index contributed by atoms with van der Waals surface area (Å²) in [6, 6.07) is 10.4. The molecule has 3 aromatic heterocycles. The van der Waals surface area contributed by atoms with Gasteiger partial charge in [0.1, 0.15) is 17.3 Å². The molecule has 0 radical (unpaired) electrons. The smallest absolute Gasteiger partial charge is 0.254 e. The minimum atomic E-state index is -0.843. The fourth-order valence-corrected chi connectivity index (χ4v) is 5.10. The maximum atomic E-state index is 13.7. The van der Waals surface area contributed by atoms with E-state index < -0.39 is 5.60 Å². The van der Waals surface area contributed by atoms with Crippen molar-refractivity contribution in [2.24, 2.45) is 5.92 Å². The molecule has 0 bridgehead atoms. The summed E-state index contributed by atoms with van der Waals surface area (Å²) < 4.78 is 21.2. The molecule has 3 N–H and O–H groups in total. The highest BCUT2D eigenvalue weighted by Crippen LogP contribution is 2.35. The van der Waals surface area contributed by atoms with Gasteiger partial charge in [-0.1, -0.05) is 6.07 Å². The van der Waals surface area contributed by atoms with Crippen molar-refractivity contribution in [2.75, 3.05) is 36.5 Å². The van der Waals surface area contributed by atoms with Gasteiger partial charge in [-0.05, 0) is 43.7 Å². The number of aliphatic hydroxyl groups is 1. The van der Waals surface area contributed by atoms with Crippen LogP contribution < -0.4 is 15.5 Å². The third kappa shape index (κ3) is 4.46. The number of hydrogen-bond acceptors (Lipinski definition) is 7. The molecular weight excluding hydrogens is 487 g/mol. The van der Waals surface area contributed by atoms with Crippen molar-refractivity contribution in [3.63, 3.8) is 0 Å². The summed E-state index contributed by atoms with van der Waals surface area (Å²) in [5, 5.41) is 16.7. The quantitative estimate of drug-likeness (QED) is 0.371. The van der Waals surface area contributed by atoms with Crippen LogP contribution >= 0.6 is 0 Å². The molecule has 0 unspecified atom stereocenters. The Morgan fingerprint density at radius 2 is 2.05 bits per heavy atom. The topological polar surface area (TPSA) is 104 Å². The zero-order valence-electron chi connectivity index (χ0n) is 21.2. The van der Waals surface area contributed by atoms with Crippen molar-refractivity contribution in [2.45, 2.75) is 26.0 Å². The van der Waals surface area contributed by atoms with Gasteiger partial charge in [-0.15, -0.1) is 0 Å². The van der Waals surface area contributed by atoms with E-state index in [-0.39, 0.29) is 17.6 Å². The van der Waals surface area contributed by atoms with Crippen molar-refractivity contribution in [3.8, 4) is 11.3 Å². The number of imidazole rings is 1. The van der Waals surface area contributed by atoms with Crippen LogP contribution in [0.2, 0.25) is 0 Å². The van der Waals surface area contributed by atoms with E-state index in [1.54, 1.807) is 18.6 Å². The third-order valence-corrected chi connectivity index (χ3v) is 7.36. The zero-order valence-corrected chi connectivity index (χ0v) is 21.2. The van der Waals surface area contributed by atoms with Crippen LogP contribution in [0, 0.1) is 11.7 Å². The summed E-state index contributed by atoms with van der Waals surface area (Å²) in [5.74, 6) is 0.0761. The highest BCUT2D eigenvalue weighted by Gasteiger charge is 2.31. The highest BCUT2D eigenvalue weighted by atomic mass is 19.1. The summed E-state index contributed by atoms with van der Waals surface area (Å²) in [5.41, 5.74) is 4.31. The summed E-state index contributed by atoms with van der Waals surface area (Å²) in [6.07, 6.45) is 5.12. The number of nitrogens with one attached hydrogen (secondary N) is 2. The molecule has 2 aliphatic heterocycles. The first-order chi connectivity index (χ1) is 18.3. The number of ether oxygens (including phenoxy) is 1. The number of halogens is 1. The average Bonchev–Trinajstić information content (AvgIpc) is 3.38. The number of carbonyl (C=O) groups excluding carboxylic acids is 1. The lowest BCUT2D eigenvalue weighted by Crippen LogP contribution is -2.41. The van der Waals surface area contributed by atoms with Crippen molar-refractivity contribution in [1.82, 2.24) is 19.7 Å². The van der Waals surface area contributed by atoms with Crippen molar-refractivity contribution in [3.05, 3.63) is 71.9 Å². The molecule has 6 rings (SSSR count). The molecule has 1 atom stereocenters. The third-order valence-electron chi connectivity index (χ3n) is 7.36. The van der Waals surface area contributed by atoms with Crippen LogP contribution in [-0.4, -0.2) is 57.3 Å². The van der Waals surface area contributed by atoms with Crippen molar-refractivity contribution < 1.29 is 19.0 Å². The molecule has 0 aliphatic carbocycles. The fourth-order valence-electron chi connectivity index (χ4n) is 5.10. The number of amides is 1. The van der Waals surface area contributed by atoms with Crippen LogP contribution in [0.3, 0.4) is 0 Å². The van der Waals surface area contributed by atoms with Gasteiger partial charge in [0.25, 0.3) is 5.91 Å². The second kappa shape index (κ2) is 9.38. The highest BCUT2D eigenvalue weighted by molar-refractivity contribution is 6.06. The number of anilines is 3. The Morgan fingerprint density at radius 3 is 2.84 bits per heavy atom. The molecule has 2 aliphatic rings. The number of benzene rings is 1. The minimum absolute atomic E-state index is 0.0191. The van der Waals surface area contributed by atoms with Gasteiger partial charge in [0, 0.05) is 43.4 Å². The van der Waals surface area contributed by atoms with Gasteiger partial charge in [-0.2, -0.15) is 0 Å². The van der Waals surface area contributed by atoms with Gasteiger partial charge in [0.05, 0.1) is 53.8 Å².